The Balaban J connectivity index is 0.000000282. The second-order valence-electron chi connectivity index (χ2n) is 19.2. The number of nitrogens with zero attached hydrogens (tertiary/aromatic N) is 6. The molecule has 27 heteroatoms. The number of anilines is 4. The number of likely N-dealkylation sites (tertiary alicyclic amines) is 1. The van der Waals surface area contributed by atoms with E-state index in [0.29, 0.717) is 94.2 Å². The van der Waals surface area contributed by atoms with E-state index in [9.17, 15) is 31.5 Å². The highest BCUT2D eigenvalue weighted by molar-refractivity contribution is 6.66. The summed E-state index contributed by atoms with van der Waals surface area (Å²) >= 11 is 28.4. The van der Waals surface area contributed by atoms with Crippen LogP contribution < -0.4 is 34.9 Å². The number of methoxy groups -OCH3 is 2. The fourth-order valence-electron chi connectivity index (χ4n) is 8.75. The molecule has 2 saturated heterocycles. The molecule has 0 unspecified atom stereocenters. The van der Waals surface area contributed by atoms with Crippen molar-refractivity contribution in [3.05, 3.63) is 141 Å². The van der Waals surface area contributed by atoms with E-state index in [0.717, 1.165) is 38.6 Å². The zero-order chi connectivity index (χ0) is 64.9. The molecule has 8 rings (SSSR count). The van der Waals surface area contributed by atoms with E-state index in [2.05, 4.69) is 88.3 Å². The molecule has 2 fully saturated rings. The lowest BCUT2D eigenvalue weighted by Gasteiger charge is -2.31. The second-order valence-corrected chi connectivity index (χ2v) is 21.2. The number of aromatic nitrogens is 2. The minimum absolute atomic E-state index is 0.0496. The third-order valence-corrected chi connectivity index (χ3v) is 14.7. The minimum atomic E-state index is -5.08. The fraction of sp³-hybridized carbons (Fsp3) is 0.350. The molecule has 17 nitrogen and oxygen atoms in total. The van der Waals surface area contributed by atoms with Crippen LogP contribution in [0.2, 0.25) is 20.1 Å². The van der Waals surface area contributed by atoms with E-state index in [4.69, 9.17) is 100.0 Å². The first-order valence-corrected chi connectivity index (χ1v) is 28.5. The van der Waals surface area contributed by atoms with Crippen molar-refractivity contribution in [2.45, 2.75) is 90.8 Å². The first kappa shape index (κ1) is 72.1. The highest BCUT2D eigenvalue weighted by atomic mass is 35.5. The lowest BCUT2D eigenvalue weighted by atomic mass is 10.1. The Morgan fingerprint density at radius 3 is 1.45 bits per heavy atom. The van der Waals surface area contributed by atoms with E-state index in [1.54, 1.807) is 36.3 Å². The third kappa shape index (κ3) is 20.3. The number of hydrogen-bond donors (Lipinski definition) is 4. The van der Waals surface area contributed by atoms with Gasteiger partial charge in [0, 0.05) is 73.3 Å². The number of carbonyl (C=O) groups is 3. The van der Waals surface area contributed by atoms with E-state index in [1.165, 1.54) is 49.8 Å². The summed E-state index contributed by atoms with van der Waals surface area (Å²) in [7, 11) is 3.09. The van der Waals surface area contributed by atoms with Crippen LogP contribution in [0, 0.1) is 24.8 Å². The van der Waals surface area contributed by atoms with Crippen molar-refractivity contribution < 1.29 is 60.4 Å². The van der Waals surface area contributed by atoms with E-state index in [1.807, 2.05) is 0 Å². The van der Waals surface area contributed by atoms with E-state index < -0.39 is 29.0 Å². The number of benzene rings is 4. The highest BCUT2D eigenvalue weighted by Gasteiger charge is 2.38. The lowest BCUT2D eigenvalue weighted by molar-refractivity contribution is -0.192. The van der Waals surface area contributed by atoms with Gasteiger partial charge in [0.25, 0.3) is 0 Å². The average molecular weight is 1310 g/mol. The SMILES string of the molecule is C=CC(=O)Cl.CCN(C(C)C)C(C)C.O=C(O)C(F)(F)F.[C-]#[N+]c1cnc2cc(OC)c(OC3CCN(C(=O)C=C)CC3)cc2c1Nc1ccc(Cl)c(Cl)c1F.[C-]#[N+]c1cnc2cc(OC)c(OC3CCNCC3)cc2c1Nc1ccc(Cl)c(Cl)c1F. The van der Waals surface area contributed by atoms with Crippen molar-refractivity contribution in [1.82, 2.24) is 25.1 Å². The number of allylic oxidation sites excluding steroid dienone is 1. The quantitative estimate of drug-likeness (QED) is 0.0250. The molecular weight excluding hydrogens is 1250 g/mol. The molecule has 2 aromatic heterocycles. The number of fused-ring (bicyclic) bond motifs is 2. The monoisotopic (exact) mass is 1310 g/mol. The Morgan fingerprint density at radius 2 is 1.14 bits per heavy atom. The fourth-order valence-corrected chi connectivity index (χ4v) is 9.37. The first-order chi connectivity index (χ1) is 41.2. The average Bonchev–Trinajstić information content (AvgIpc) is 1.16. The molecule has 6 aromatic rings. The number of halogens is 10. The summed E-state index contributed by atoms with van der Waals surface area (Å²) in [4.78, 5) is 50.2. The third-order valence-electron chi connectivity index (χ3n) is 13.0. The van der Waals surface area contributed by atoms with Crippen LogP contribution >= 0.6 is 58.0 Å². The Hall–Kier alpha value is -7.41. The number of carbonyl (C=O) groups excluding carboxylic acids is 2. The molecule has 0 aliphatic carbocycles. The predicted molar refractivity (Wildman–Crippen MR) is 333 cm³/mol. The van der Waals surface area contributed by atoms with Crippen molar-refractivity contribution in [2.24, 2.45) is 0 Å². The van der Waals surface area contributed by atoms with Gasteiger partial charge < -0.3 is 44.9 Å². The summed E-state index contributed by atoms with van der Waals surface area (Å²) in [6.07, 6.45) is 3.04. The Labute approximate surface area is 525 Å². The van der Waals surface area contributed by atoms with Gasteiger partial charge in [0.2, 0.25) is 22.5 Å². The summed E-state index contributed by atoms with van der Waals surface area (Å²) in [6.45, 7) is 36.9. The normalized spacial score (nSPS) is 13.2. The molecule has 0 spiro atoms. The van der Waals surface area contributed by atoms with E-state index >= 15 is 0 Å². The number of hydrogen-bond acceptors (Lipinski definition) is 13. The van der Waals surface area contributed by atoms with Crippen LogP contribution in [-0.2, 0) is 14.4 Å². The number of alkyl halides is 3. The maximum Gasteiger partial charge on any atom is 0.490 e. The summed E-state index contributed by atoms with van der Waals surface area (Å²) in [6, 6.07) is 14.2. The number of nitrogens with one attached hydrogen (secondary N) is 3. The molecule has 4 aromatic carbocycles. The van der Waals surface area contributed by atoms with Crippen molar-refractivity contribution >= 4 is 131 Å². The molecule has 1 amide bonds. The van der Waals surface area contributed by atoms with Gasteiger partial charge in [-0.1, -0.05) is 66.5 Å². The Morgan fingerprint density at radius 1 is 0.747 bits per heavy atom. The van der Waals surface area contributed by atoms with Gasteiger partial charge in [0.15, 0.2) is 34.6 Å². The number of piperidine rings is 2. The molecule has 0 radical (unpaired) electrons. The predicted octanol–water partition coefficient (Wildman–Crippen LogP) is 16.4. The minimum Gasteiger partial charge on any atom is -0.493 e. The zero-order valence-corrected chi connectivity index (χ0v) is 52.1. The highest BCUT2D eigenvalue weighted by Crippen LogP contribution is 2.44. The smallest absolute Gasteiger partial charge is 0.490 e. The Kier molecular flexibility index (Phi) is 28.3. The van der Waals surface area contributed by atoms with Crippen molar-refractivity contribution in [1.29, 1.82) is 0 Å². The summed E-state index contributed by atoms with van der Waals surface area (Å²) in [5.74, 6) is -2.28. The molecule has 0 atom stereocenters. The van der Waals surface area contributed by atoms with Crippen LogP contribution in [-0.4, -0.2) is 119 Å². The molecule has 466 valence electrons. The molecular formula is C60H63Cl5F5N9O8. The van der Waals surface area contributed by atoms with Crippen LogP contribution in [0.4, 0.5) is 56.1 Å². The van der Waals surface area contributed by atoms with Gasteiger partial charge in [-0.25, -0.2) is 23.3 Å². The second kappa shape index (κ2) is 34.2. The summed E-state index contributed by atoms with van der Waals surface area (Å²) in [5, 5.41) is 16.8. The number of carboxylic acids is 1. The molecule has 4 heterocycles. The summed E-state index contributed by atoms with van der Waals surface area (Å²) in [5.41, 5.74) is 2.43. The first-order valence-electron chi connectivity index (χ1n) is 26.6. The van der Waals surface area contributed by atoms with Crippen molar-refractivity contribution in [3.8, 4) is 23.0 Å². The van der Waals surface area contributed by atoms with Crippen molar-refractivity contribution in [2.75, 3.05) is 57.6 Å². The molecule has 0 saturated carbocycles. The van der Waals surface area contributed by atoms with Gasteiger partial charge in [0.1, 0.15) is 12.2 Å². The summed E-state index contributed by atoms with van der Waals surface area (Å²) < 4.78 is 84.6. The number of ether oxygens (including phenoxy) is 4. The number of amides is 1. The lowest BCUT2D eigenvalue weighted by Crippen LogP contribution is -2.41. The molecule has 4 N–H and O–H groups in total. The maximum absolute atomic E-state index is 14.8. The number of pyridine rings is 2. The molecule has 2 aliphatic rings. The number of rotatable bonds is 15. The zero-order valence-electron chi connectivity index (χ0n) is 48.3. The van der Waals surface area contributed by atoms with Gasteiger partial charge in [0.05, 0.1) is 81.2 Å². The van der Waals surface area contributed by atoms with Crippen LogP contribution in [0.1, 0.15) is 60.3 Å². The van der Waals surface area contributed by atoms with Crippen LogP contribution in [0.3, 0.4) is 0 Å². The van der Waals surface area contributed by atoms with E-state index in [-0.39, 0.29) is 61.0 Å². The topological polar surface area (TPSA) is 185 Å². The van der Waals surface area contributed by atoms with Gasteiger partial charge in [-0.3, -0.25) is 24.5 Å². The van der Waals surface area contributed by atoms with Gasteiger partial charge in [-0.2, -0.15) is 13.2 Å². The standard InChI is InChI=1S/C25H21Cl2FN4O3.C22H19Cl2FN4O2.C8H19N.C3H3ClO.C2HF3O2/c1-4-22(33)32-9-7-14(8-10-32)35-21-11-15-18(12-20(21)34-3)30-13-19(29-2)25(15)31-17-6-5-16(26)23(27)24(17)28;1-26-17-11-28-16-10-18(30-2)19(31-12-5-7-27-8-6-12)9-13(16)22(17)29-15-4-3-14(23)20(24)21(15)25;1-6-9(7(2)3)8(4)5;1-2-3(4)5;3-2(4,5)1(6)7/h4-6,11-14H,1,7-10H2,3H3,(H,30,31);3-4,9-12,27H,5-8H2,2H3,(H,28,29);7-8H,6H2,1-5H3;2H,1H2;(H,6,7). The molecule has 0 bridgehead atoms. The number of aliphatic carboxylic acids is 1. The Bertz CT molecular complexity index is 3490. The molecule has 2 aliphatic heterocycles. The van der Waals surface area contributed by atoms with Crippen LogP contribution in [0.25, 0.3) is 31.5 Å². The maximum atomic E-state index is 14.8. The van der Waals surface area contributed by atoms with Gasteiger partial charge in [-0.05, 0) is 120 Å². The van der Waals surface area contributed by atoms with Crippen LogP contribution in [0.15, 0.2) is 86.2 Å². The van der Waals surface area contributed by atoms with Gasteiger partial charge in [-0.15, -0.1) is 0 Å². The largest absolute Gasteiger partial charge is 0.493 e. The van der Waals surface area contributed by atoms with Crippen molar-refractivity contribution in [3.63, 3.8) is 0 Å². The van der Waals surface area contributed by atoms with Gasteiger partial charge >= 0.3 is 12.1 Å². The number of carboxylic acid groups (broad SMARTS) is 1. The van der Waals surface area contributed by atoms with Crippen LogP contribution in [0.5, 0.6) is 23.0 Å². The molecule has 87 heavy (non-hydrogen) atoms.